The number of rotatable bonds is 3. The van der Waals surface area contributed by atoms with Gasteiger partial charge in [0.1, 0.15) is 5.54 Å². The Labute approximate surface area is 101 Å². The third-order valence-corrected chi connectivity index (χ3v) is 3.55. The summed E-state index contributed by atoms with van der Waals surface area (Å²) in [6.07, 6.45) is 3.53. The number of carbonyl (C=O) groups excluding carboxylic acids is 1. The topological polar surface area (TPSA) is 76.4 Å². The molecule has 2 rings (SSSR count). The van der Waals surface area contributed by atoms with Gasteiger partial charge in [0.25, 0.3) is 0 Å². The van der Waals surface area contributed by atoms with Crippen LogP contribution in [-0.2, 0) is 4.79 Å². The fourth-order valence-electron chi connectivity index (χ4n) is 2.78. The first-order chi connectivity index (χ1) is 7.95. The van der Waals surface area contributed by atoms with Gasteiger partial charge in [-0.3, -0.25) is 9.69 Å². The molecule has 17 heavy (non-hydrogen) atoms. The first kappa shape index (κ1) is 12.3. The average Bonchev–Trinajstić information content (AvgIpc) is 2.64. The van der Waals surface area contributed by atoms with Crippen molar-refractivity contribution in [2.75, 3.05) is 19.6 Å². The molecule has 0 radical (unpaired) electrons. The maximum absolute atomic E-state index is 11.8. The molecule has 5 nitrogen and oxygen atoms in total. The van der Waals surface area contributed by atoms with Crippen LogP contribution < -0.4 is 5.32 Å². The number of β-amino-alcohol motifs (C(OH)–C–C–N with tert-alkyl or cyclic N) is 1. The van der Waals surface area contributed by atoms with Crippen LogP contribution in [-0.4, -0.2) is 46.7 Å². The fraction of sp³-hybridized carbons (Fsp3) is 0.833. The van der Waals surface area contributed by atoms with Gasteiger partial charge in [0.2, 0.25) is 5.91 Å². The molecular weight excluding hydrogens is 218 g/mol. The summed E-state index contributed by atoms with van der Waals surface area (Å²) in [5.74, 6) is -0.107. The van der Waals surface area contributed by atoms with E-state index in [4.69, 9.17) is 5.26 Å². The molecule has 1 saturated carbocycles. The van der Waals surface area contributed by atoms with Crippen molar-refractivity contribution in [2.24, 2.45) is 0 Å². The van der Waals surface area contributed by atoms with Crippen LogP contribution in [0.5, 0.6) is 0 Å². The van der Waals surface area contributed by atoms with E-state index < -0.39 is 11.1 Å². The van der Waals surface area contributed by atoms with Crippen molar-refractivity contribution >= 4 is 5.91 Å². The fourth-order valence-corrected chi connectivity index (χ4v) is 2.78. The monoisotopic (exact) mass is 237 g/mol. The highest BCUT2D eigenvalue weighted by molar-refractivity contribution is 5.79. The van der Waals surface area contributed by atoms with Gasteiger partial charge in [-0.25, -0.2) is 0 Å². The van der Waals surface area contributed by atoms with Gasteiger partial charge in [0.05, 0.1) is 18.2 Å². The second kappa shape index (κ2) is 4.28. The lowest BCUT2D eigenvalue weighted by molar-refractivity contribution is -0.131. The highest BCUT2D eigenvalue weighted by Gasteiger charge is 2.39. The van der Waals surface area contributed by atoms with Crippen molar-refractivity contribution in [1.82, 2.24) is 10.2 Å². The summed E-state index contributed by atoms with van der Waals surface area (Å²) in [6, 6.07) is 2.23. The second-order valence-corrected chi connectivity index (χ2v) is 5.59. The van der Waals surface area contributed by atoms with Crippen molar-refractivity contribution in [2.45, 2.75) is 43.7 Å². The van der Waals surface area contributed by atoms with Gasteiger partial charge < -0.3 is 10.4 Å². The van der Waals surface area contributed by atoms with Crippen LogP contribution in [0.15, 0.2) is 0 Å². The summed E-state index contributed by atoms with van der Waals surface area (Å²) in [6.45, 7) is 3.09. The van der Waals surface area contributed by atoms with Crippen molar-refractivity contribution in [3.05, 3.63) is 0 Å². The standard InChI is InChI=1S/C12H19N3O2/c1-11(17)8-15(9-11)6-10(16)14-12(7-13)4-2-3-5-12/h17H,2-6,8-9H2,1H3,(H,14,16). The molecule has 0 aromatic heterocycles. The molecule has 2 aliphatic rings. The van der Waals surface area contributed by atoms with Crippen molar-refractivity contribution < 1.29 is 9.90 Å². The Kier molecular flexibility index (Phi) is 3.11. The molecule has 1 amide bonds. The summed E-state index contributed by atoms with van der Waals surface area (Å²) in [5.41, 5.74) is -1.29. The van der Waals surface area contributed by atoms with Crippen molar-refractivity contribution in [3.8, 4) is 6.07 Å². The minimum atomic E-state index is -0.652. The average molecular weight is 237 g/mol. The summed E-state index contributed by atoms with van der Waals surface area (Å²) >= 11 is 0. The SMILES string of the molecule is CC1(O)CN(CC(=O)NC2(C#N)CCCC2)C1. The Bertz CT molecular complexity index is 345. The molecule has 1 aliphatic carbocycles. The van der Waals surface area contributed by atoms with Crippen LogP contribution in [0.2, 0.25) is 0 Å². The number of carbonyl (C=O) groups is 1. The minimum Gasteiger partial charge on any atom is -0.388 e. The number of nitriles is 1. The smallest absolute Gasteiger partial charge is 0.235 e. The normalized spacial score (nSPS) is 25.9. The van der Waals surface area contributed by atoms with Crippen LogP contribution in [0.25, 0.3) is 0 Å². The van der Waals surface area contributed by atoms with Gasteiger partial charge >= 0.3 is 0 Å². The molecule has 0 atom stereocenters. The molecule has 2 fully saturated rings. The molecule has 0 aromatic carbocycles. The van der Waals surface area contributed by atoms with Crippen molar-refractivity contribution in [1.29, 1.82) is 5.26 Å². The van der Waals surface area contributed by atoms with E-state index in [1.54, 1.807) is 6.92 Å². The zero-order valence-corrected chi connectivity index (χ0v) is 10.2. The third kappa shape index (κ3) is 2.76. The molecule has 0 aromatic rings. The molecule has 0 spiro atoms. The largest absolute Gasteiger partial charge is 0.388 e. The predicted molar refractivity (Wildman–Crippen MR) is 62.0 cm³/mol. The molecule has 1 heterocycles. The summed E-state index contributed by atoms with van der Waals surface area (Å²) in [5, 5.41) is 21.5. The molecule has 1 aliphatic heterocycles. The second-order valence-electron chi connectivity index (χ2n) is 5.59. The number of nitrogens with zero attached hydrogens (tertiary/aromatic N) is 2. The lowest BCUT2D eigenvalue weighted by atomic mass is 9.96. The maximum atomic E-state index is 11.8. The summed E-state index contributed by atoms with van der Waals surface area (Å²) < 4.78 is 0. The summed E-state index contributed by atoms with van der Waals surface area (Å²) in [7, 11) is 0. The zero-order valence-electron chi connectivity index (χ0n) is 10.2. The number of amides is 1. The van der Waals surface area contributed by atoms with Crippen LogP contribution in [0.4, 0.5) is 0 Å². The molecule has 1 saturated heterocycles. The maximum Gasteiger partial charge on any atom is 0.235 e. The quantitative estimate of drug-likeness (QED) is 0.724. The van der Waals surface area contributed by atoms with E-state index in [1.165, 1.54) is 0 Å². The van der Waals surface area contributed by atoms with E-state index in [0.717, 1.165) is 25.7 Å². The molecular formula is C12H19N3O2. The summed E-state index contributed by atoms with van der Waals surface area (Å²) in [4.78, 5) is 13.7. The Morgan fingerprint density at radius 1 is 1.47 bits per heavy atom. The lowest BCUT2D eigenvalue weighted by Gasteiger charge is -2.44. The van der Waals surface area contributed by atoms with E-state index in [0.29, 0.717) is 13.1 Å². The van der Waals surface area contributed by atoms with Gasteiger partial charge in [-0.1, -0.05) is 0 Å². The first-order valence-corrected chi connectivity index (χ1v) is 6.12. The Hall–Kier alpha value is -1.12. The number of aliphatic hydroxyl groups is 1. The van der Waals surface area contributed by atoms with Crippen LogP contribution in [0.3, 0.4) is 0 Å². The number of nitrogens with one attached hydrogen (secondary N) is 1. The van der Waals surface area contributed by atoms with E-state index in [2.05, 4.69) is 11.4 Å². The number of likely N-dealkylation sites (tertiary alicyclic amines) is 1. The first-order valence-electron chi connectivity index (χ1n) is 6.12. The van der Waals surface area contributed by atoms with Gasteiger partial charge in [0.15, 0.2) is 0 Å². The molecule has 0 unspecified atom stereocenters. The predicted octanol–water partition coefficient (Wildman–Crippen LogP) is 0.00558. The Morgan fingerprint density at radius 2 is 2.06 bits per heavy atom. The van der Waals surface area contributed by atoms with E-state index in [-0.39, 0.29) is 12.5 Å². The lowest BCUT2D eigenvalue weighted by Crippen LogP contribution is -2.62. The highest BCUT2D eigenvalue weighted by Crippen LogP contribution is 2.29. The van der Waals surface area contributed by atoms with Crippen LogP contribution in [0, 0.1) is 11.3 Å². The van der Waals surface area contributed by atoms with Gasteiger partial charge in [-0.2, -0.15) is 5.26 Å². The number of hydrogen-bond acceptors (Lipinski definition) is 4. The zero-order chi connectivity index (χ0) is 12.5. The molecule has 5 heteroatoms. The molecule has 2 N–H and O–H groups in total. The van der Waals surface area contributed by atoms with Gasteiger partial charge in [0, 0.05) is 13.1 Å². The highest BCUT2D eigenvalue weighted by atomic mass is 16.3. The van der Waals surface area contributed by atoms with Gasteiger partial charge in [-0.15, -0.1) is 0 Å². The Morgan fingerprint density at radius 3 is 2.53 bits per heavy atom. The Balaban J connectivity index is 1.80. The van der Waals surface area contributed by atoms with Gasteiger partial charge in [-0.05, 0) is 32.6 Å². The number of hydrogen-bond donors (Lipinski definition) is 2. The van der Waals surface area contributed by atoms with E-state index in [9.17, 15) is 9.90 Å². The molecule has 0 bridgehead atoms. The van der Waals surface area contributed by atoms with E-state index >= 15 is 0 Å². The minimum absolute atomic E-state index is 0.107. The van der Waals surface area contributed by atoms with E-state index in [1.807, 2.05) is 4.90 Å². The third-order valence-electron chi connectivity index (χ3n) is 3.55. The van der Waals surface area contributed by atoms with Crippen molar-refractivity contribution in [3.63, 3.8) is 0 Å². The van der Waals surface area contributed by atoms with Crippen LogP contribution >= 0.6 is 0 Å². The van der Waals surface area contributed by atoms with Crippen LogP contribution in [0.1, 0.15) is 32.6 Å². The molecule has 94 valence electrons.